The zero-order valence-electron chi connectivity index (χ0n) is 34.9. The second-order valence-electron chi connectivity index (χ2n) is 17.2. The first-order valence-electron chi connectivity index (χ1n) is 21.3. The molecule has 0 N–H and O–H groups in total. The van der Waals surface area contributed by atoms with Crippen LogP contribution in [0.4, 0.5) is 5.69 Å². The summed E-state index contributed by atoms with van der Waals surface area (Å²) >= 11 is 4.75. The van der Waals surface area contributed by atoms with Crippen LogP contribution in [0.3, 0.4) is 0 Å². The van der Waals surface area contributed by atoms with Crippen molar-refractivity contribution in [3.8, 4) is 0 Å². The molecule has 9 rings (SSSR count). The van der Waals surface area contributed by atoms with E-state index in [0.717, 1.165) is 25.5 Å². The van der Waals surface area contributed by atoms with E-state index in [9.17, 15) is 0 Å². The van der Waals surface area contributed by atoms with E-state index in [0.29, 0.717) is 0 Å². The van der Waals surface area contributed by atoms with Gasteiger partial charge in [0.25, 0.3) is 0 Å². The van der Waals surface area contributed by atoms with Gasteiger partial charge in [-0.2, -0.15) is 0 Å². The molecule has 0 saturated carbocycles. The number of benzene rings is 8. The molecule has 1 nitrogen and oxygen atoms in total. The number of hydrogen-bond donors (Lipinski definition) is 0. The van der Waals surface area contributed by atoms with Crippen LogP contribution >= 0.6 is 20.8 Å². The molecule has 0 fully saturated rings. The van der Waals surface area contributed by atoms with Gasteiger partial charge in [0.05, 0.1) is 0 Å². The molecule has 1 aliphatic heterocycles. The summed E-state index contributed by atoms with van der Waals surface area (Å²) in [5, 5.41) is 6.48. The number of rotatable bonds is 11. The Bertz CT molecular complexity index is 2490. The van der Waals surface area contributed by atoms with Gasteiger partial charge in [0.15, 0.2) is 0 Å². The Morgan fingerprint density at radius 2 is 0.900 bits per heavy atom. The van der Waals surface area contributed by atoms with Crippen LogP contribution in [0.2, 0.25) is 0 Å². The first kappa shape index (κ1) is 40.1. The van der Waals surface area contributed by atoms with Crippen molar-refractivity contribution in [2.45, 2.75) is 51.9 Å². The van der Waals surface area contributed by atoms with Crippen LogP contribution in [-0.4, -0.2) is 13.6 Å². The van der Waals surface area contributed by atoms with Crippen LogP contribution in [0.5, 0.6) is 0 Å². The standard InChI is InChI=1S/C56H53BrNPSi/c1-44-40-55-46(41-47(44)43-59(57,48-22-10-4-11-23-48,49-24-12-5-13-25-49)50-26-14-6-15-27-50)38-39-56(2,3)58(55)42-45-34-36-54(37-35-45)60(51-28-16-7-17-29-51,52-30-18-8-19-31-52)53-32-20-9-21-33-53/h4-37,40-41H,38-39,42-43H2,1-3H3. The van der Waals surface area contributed by atoms with Gasteiger partial charge >= 0.3 is 262 Å². The number of nitrogens with zero attached hydrogens (tertiary/aromatic N) is 1. The van der Waals surface area contributed by atoms with Gasteiger partial charge in [0.2, 0.25) is 0 Å². The average Bonchev–Trinajstić information content (AvgIpc) is 3.31. The Kier molecular flexibility index (Phi) is 10.9. The normalized spacial score (nSPS) is 14.5. The van der Waals surface area contributed by atoms with Crippen molar-refractivity contribution in [2.75, 3.05) is 4.90 Å². The van der Waals surface area contributed by atoms with E-state index in [2.05, 4.69) is 244 Å². The zero-order chi connectivity index (χ0) is 41.2. The van der Waals surface area contributed by atoms with Crippen LogP contribution in [0, 0.1) is 6.92 Å². The average molecular weight is 879 g/mol. The van der Waals surface area contributed by atoms with Crippen LogP contribution in [0.15, 0.2) is 218 Å². The molecular weight excluding hydrogens is 826 g/mol. The second kappa shape index (κ2) is 16.3. The Morgan fingerprint density at radius 3 is 1.32 bits per heavy atom. The van der Waals surface area contributed by atoms with Gasteiger partial charge in [-0.05, 0) is 15.6 Å². The van der Waals surface area contributed by atoms with E-state index in [4.69, 9.17) is 15.5 Å². The molecule has 60 heavy (non-hydrogen) atoms. The summed E-state index contributed by atoms with van der Waals surface area (Å²) in [6.45, 7) is 8.04. The third kappa shape index (κ3) is 6.91. The Hall–Kier alpha value is -5.31. The minimum absolute atomic E-state index is 0.00297. The van der Waals surface area contributed by atoms with Crippen LogP contribution < -0.4 is 41.6 Å². The van der Waals surface area contributed by atoms with Gasteiger partial charge in [-0.3, -0.25) is 0 Å². The maximum atomic E-state index is 4.75. The van der Waals surface area contributed by atoms with E-state index in [1.165, 1.54) is 64.6 Å². The molecule has 1 aliphatic rings. The van der Waals surface area contributed by atoms with Gasteiger partial charge in [0.1, 0.15) is 0 Å². The van der Waals surface area contributed by atoms with Gasteiger partial charge in [-0.15, -0.1) is 0 Å². The zero-order valence-corrected chi connectivity index (χ0v) is 38.4. The van der Waals surface area contributed by atoms with E-state index in [-0.39, 0.29) is 5.54 Å². The fraction of sp³-hybridized carbons (Fsp3) is 0.143. The number of anilines is 1. The molecule has 0 unspecified atom stereocenters. The molecule has 1 heterocycles. The molecule has 8 aromatic carbocycles. The van der Waals surface area contributed by atoms with E-state index < -0.39 is 13.4 Å². The molecule has 0 saturated heterocycles. The molecular formula is C56H53BrNPSi. The molecule has 0 radical (unpaired) electrons. The summed E-state index contributed by atoms with van der Waals surface area (Å²) < 4.78 is 0. The van der Waals surface area contributed by atoms with Crippen molar-refractivity contribution >= 4 is 71.2 Å². The predicted molar refractivity (Wildman–Crippen MR) is 268 cm³/mol. The van der Waals surface area contributed by atoms with Gasteiger partial charge in [-0.1, -0.05) is 91.0 Å². The summed E-state index contributed by atoms with van der Waals surface area (Å²) in [6, 6.07) is 82.0. The van der Waals surface area contributed by atoms with Crippen molar-refractivity contribution in [1.29, 1.82) is 0 Å². The number of hydrogen-bond acceptors (Lipinski definition) is 1. The molecule has 0 aliphatic carbocycles. The molecule has 298 valence electrons. The summed E-state index contributed by atoms with van der Waals surface area (Å²) in [7, 11) is -2.59. The second-order valence-corrected chi connectivity index (χ2v) is 29.9. The van der Waals surface area contributed by atoms with E-state index in [1.807, 2.05) is 0 Å². The summed E-state index contributed by atoms with van der Waals surface area (Å²) in [5.41, 5.74) is 6.90. The topological polar surface area (TPSA) is 3.24 Å². The van der Waals surface area contributed by atoms with Gasteiger partial charge < -0.3 is 0 Å². The summed E-state index contributed by atoms with van der Waals surface area (Å²) in [5.74, 6) is 0. The fourth-order valence-corrected chi connectivity index (χ4v) is 22.5. The van der Waals surface area contributed by atoms with Crippen molar-refractivity contribution < 1.29 is 0 Å². The van der Waals surface area contributed by atoms with Crippen molar-refractivity contribution in [3.63, 3.8) is 0 Å². The quantitative estimate of drug-likeness (QED) is 0.0711. The number of halogens is 1. The predicted octanol–water partition coefficient (Wildman–Crippen LogP) is 10.4. The van der Waals surface area contributed by atoms with Gasteiger partial charge in [0, 0.05) is 0 Å². The molecule has 8 aromatic rings. The molecule has 0 bridgehead atoms. The summed E-state index contributed by atoms with van der Waals surface area (Å²) in [4.78, 5) is 2.69. The molecule has 0 aromatic heterocycles. The fourth-order valence-electron chi connectivity index (χ4n) is 9.98. The number of fused-ring (bicyclic) bond motifs is 1. The van der Waals surface area contributed by atoms with Crippen LogP contribution in [0.1, 0.15) is 42.5 Å². The maximum absolute atomic E-state index is 4.75. The Morgan fingerprint density at radius 1 is 0.517 bits per heavy atom. The molecule has 0 spiro atoms. The Labute approximate surface area is 366 Å². The Balaban J connectivity index is 1.12. The van der Waals surface area contributed by atoms with Gasteiger partial charge in [-0.25, -0.2) is 0 Å². The van der Waals surface area contributed by atoms with E-state index in [1.54, 1.807) is 0 Å². The SMILES string of the molecule is Cc1cc2c(cc1CP(Br)(c1ccccc1)(c1ccccc1)c1ccccc1)CCC(C)(C)N2Cc1ccc([Si](c2ccccc2)(c2ccccc2)c2ccccc2)cc1. The third-order valence-corrected chi connectivity index (χ3v) is 27.6. The van der Waals surface area contributed by atoms with Crippen molar-refractivity contribution in [2.24, 2.45) is 0 Å². The van der Waals surface area contributed by atoms with Crippen molar-refractivity contribution in [3.05, 3.63) is 241 Å². The first-order valence-corrected chi connectivity index (χ1v) is 27.7. The summed E-state index contributed by atoms with van der Waals surface area (Å²) in [6.07, 6.45) is 3.05. The number of aryl methyl sites for hydroxylation is 2. The van der Waals surface area contributed by atoms with E-state index >= 15 is 0 Å². The monoisotopic (exact) mass is 877 g/mol. The van der Waals surface area contributed by atoms with Crippen molar-refractivity contribution in [1.82, 2.24) is 0 Å². The molecule has 0 atom stereocenters. The molecule has 4 heteroatoms. The molecule has 0 amide bonds. The third-order valence-electron chi connectivity index (χ3n) is 13.3. The first-order chi connectivity index (χ1) is 29.2. The van der Waals surface area contributed by atoms with Crippen LogP contribution in [0.25, 0.3) is 0 Å². The van der Waals surface area contributed by atoms with Crippen LogP contribution in [-0.2, 0) is 19.1 Å². The minimum atomic E-state index is -3.17.